The molecule has 0 aliphatic carbocycles. The number of nitrogens with zero attached hydrogens (tertiary/aromatic N) is 4. The number of para-hydroxylation sites is 2. The van der Waals surface area contributed by atoms with Crippen LogP contribution in [0.5, 0.6) is 0 Å². The van der Waals surface area contributed by atoms with E-state index >= 15 is 0 Å². The predicted molar refractivity (Wildman–Crippen MR) is 236 cm³/mol. The summed E-state index contributed by atoms with van der Waals surface area (Å²) < 4.78 is 53.9. The van der Waals surface area contributed by atoms with Gasteiger partial charge in [0.15, 0.2) is 17.5 Å². The average molecular weight is 752 g/mol. The number of fused-ring (bicyclic) bond motifs is 9. The zero-order chi connectivity index (χ0) is 41.8. The topological polar surface area (TPSA) is 56.7 Å². The molecule has 5 nitrogen and oxygen atoms in total. The van der Waals surface area contributed by atoms with Gasteiger partial charge in [0.1, 0.15) is 11.2 Å². The van der Waals surface area contributed by atoms with E-state index in [2.05, 4.69) is 83.4 Å². The van der Waals surface area contributed by atoms with Crippen LogP contribution in [0.1, 0.15) is 6.85 Å². The molecular weight excluding hydrogens is 717 g/mol. The highest BCUT2D eigenvalue weighted by molar-refractivity contribution is 7.26. The van der Waals surface area contributed by atoms with Gasteiger partial charge in [0.25, 0.3) is 0 Å². The third-order valence-corrected chi connectivity index (χ3v) is 12.0. The van der Waals surface area contributed by atoms with Crippen molar-refractivity contribution >= 4 is 75.3 Å². The number of rotatable bonds is 5. The van der Waals surface area contributed by atoms with E-state index in [1.54, 1.807) is 11.3 Å². The Hall–Kier alpha value is -7.41. The second kappa shape index (κ2) is 12.6. The zero-order valence-corrected chi connectivity index (χ0v) is 30.9. The normalized spacial score (nSPS) is 13.1. The number of hydrogen-bond donors (Lipinski definition) is 0. The van der Waals surface area contributed by atoms with Crippen LogP contribution in [0.3, 0.4) is 0 Å². The van der Waals surface area contributed by atoms with Crippen molar-refractivity contribution in [2.24, 2.45) is 0 Å². The molecule has 0 N–H and O–H groups in total. The summed E-state index contributed by atoms with van der Waals surface area (Å²) in [5.74, 6) is 0.610. The fourth-order valence-electron chi connectivity index (χ4n) is 8.18. The van der Waals surface area contributed by atoms with Gasteiger partial charge in [-0.05, 0) is 47.5 Å². The molecule has 57 heavy (non-hydrogen) atoms. The lowest BCUT2D eigenvalue weighted by atomic mass is 10.0. The Morgan fingerprint density at radius 1 is 0.439 bits per heavy atom. The van der Waals surface area contributed by atoms with Crippen molar-refractivity contribution in [1.29, 1.82) is 0 Å². The Balaban J connectivity index is 1.22. The largest absolute Gasteiger partial charge is 0.456 e. The first-order valence-electron chi connectivity index (χ1n) is 21.1. The van der Waals surface area contributed by atoms with Crippen LogP contribution >= 0.6 is 11.3 Å². The Morgan fingerprint density at radius 3 is 1.93 bits per heavy atom. The summed E-state index contributed by atoms with van der Waals surface area (Å²) >= 11 is 1.66. The van der Waals surface area contributed by atoms with Crippen LogP contribution in [-0.4, -0.2) is 19.5 Å². The number of hydrogen-bond acceptors (Lipinski definition) is 5. The minimum Gasteiger partial charge on any atom is -0.456 e. The first kappa shape index (κ1) is 27.2. The van der Waals surface area contributed by atoms with Crippen molar-refractivity contribution in [1.82, 2.24) is 19.5 Å². The molecule has 0 saturated carbocycles. The van der Waals surface area contributed by atoms with Gasteiger partial charge in [-0.25, -0.2) is 15.0 Å². The molecule has 0 spiro atoms. The Labute approximate surface area is 337 Å². The highest BCUT2D eigenvalue weighted by atomic mass is 32.1. The fraction of sp³-hybridized carbons (Fsp3) is 0. The van der Waals surface area contributed by atoms with Gasteiger partial charge >= 0.3 is 0 Å². The van der Waals surface area contributed by atoms with Crippen LogP contribution in [0.15, 0.2) is 186 Å². The molecule has 4 aromatic heterocycles. The van der Waals surface area contributed by atoms with E-state index in [0.29, 0.717) is 22.8 Å². The van der Waals surface area contributed by atoms with E-state index in [4.69, 9.17) is 26.2 Å². The molecule has 0 atom stereocenters. The van der Waals surface area contributed by atoms with Gasteiger partial charge in [-0.1, -0.05) is 145 Å². The maximum Gasteiger partial charge on any atom is 0.165 e. The summed E-state index contributed by atoms with van der Waals surface area (Å²) in [6, 6.07) is 49.2. The van der Waals surface area contributed by atoms with Crippen LogP contribution in [0.2, 0.25) is 0 Å². The molecule has 8 aromatic carbocycles. The van der Waals surface area contributed by atoms with Crippen LogP contribution < -0.4 is 0 Å². The molecule has 12 aromatic rings. The van der Waals surface area contributed by atoms with Crippen LogP contribution in [-0.2, 0) is 0 Å². The van der Waals surface area contributed by atoms with E-state index in [1.165, 1.54) is 0 Å². The molecule has 0 unspecified atom stereocenters. The highest BCUT2D eigenvalue weighted by Gasteiger charge is 2.22. The summed E-state index contributed by atoms with van der Waals surface area (Å²) in [5, 5.41) is 6.24. The molecule has 0 fully saturated rings. The van der Waals surface area contributed by atoms with E-state index in [9.17, 15) is 0 Å². The monoisotopic (exact) mass is 751 g/mol. The van der Waals surface area contributed by atoms with E-state index in [1.807, 2.05) is 72.8 Å². The lowest BCUT2D eigenvalue weighted by Crippen LogP contribution is -2.01. The van der Waals surface area contributed by atoms with Gasteiger partial charge in [-0.15, -0.1) is 11.3 Å². The summed E-state index contributed by atoms with van der Waals surface area (Å²) in [5.41, 5.74) is 8.04. The molecular formula is C51H30N4OS. The minimum absolute atomic E-state index is 0.0124. The summed E-state index contributed by atoms with van der Waals surface area (Å²) in [6.07, 6.45) is 0. The molecule has 4 heterocycles. The maximum absolute atomic E-state index is 8.93. The van der Waals surface area contributed by atoms with Crippen LogP contribution in [0.4, 0.5) is 0 Å². The molecule has 0 saturated heterocycles. The quantitative estimate of drug-likeness (QED) is 0.176. The van der Waals surface area contributed by atoms with Gasteiger partial charge in [0, 0.05) is 64.1 Å². The number of aromatic nitrogens is 4. The van der Waals surface area contributed by atoms with Crippen molar-refractivity contribution in [3.05, 3.63) is 182 Å². The second-order valence-electron chi connectivity index (χ2n) is 14.0. The molecule has 266 valence electrons. The maximum atomic E-state index is 8.93. The molecule has 0 aliphatic rings. The Morgan fingerprint density at radius 2 is 1.11 bits per heavy atom. The van der Waals surface area contributed by atoms with Crippen molar-refractivity contribution in [3.8, 4) is 51.0 Å². The van der Waals surface area contributed by atoms with E-state index in [0.717, 1.165) is 80.7 Å². The highest BCUT2D eigenvalue weighted by Crippen LogP contribution is 2.46. The lowest BCUT2D eigenvalue weighted by molar-refractivity contribution is 0.669. The third-order valence-electron chi connectivity index (χ3n) is 10.7. The number of benzene rings is 8. The third kappa shape index (κ3) is 5.04. The molecule has 0 radical (unpaired) electrons. The second-order valence-corrected chi connectivity index (χ2v) is 15.0. The standard InChI is InChI=1S/C51H30N4OS/c1-4-15-31(16-5-1)35-23-14-24-38-41-27-34(55-43-25-12-10-21-36(43)39-30-46-40(29-44(39)55)37-22-11-13-26-45(37)56-46)28-42(48(41)57-47(35)38)51-53-49(32-17-6-2-7-18-32)52-50(54-51)33-19-8-3-9-20-33/h1-30H/i2D,6D,7D,17D,18D. The van der Waals surface area contributed by atoms with E-state index < -0.39 is 18.1 Å². The van der Waals surface area contributed by atoms with Crippen molar-refractivity contribution in [3.63, 3.8) is 0 Å². The average Bonchev–Trinajstić information content (AvgIpc) is 3.99. The molecule has 6 heteroatoms. The van der Waals surface area contributed by atoms with Crippen molar-refractivity contribution < 1.29 is 11.3 Å². The Bertz CT molecular complexity index is 3800. The first-order chi connectivity index (χ1) is 30.3. The summed E-state index contributed by atoms with van der Waals surface area (Å²) in [6.45, 7) is 0. The molecule has 0 aliphatic heterocycles. The Kier molecular flexibility index (Phi) is 6.00. The first-order valence-corrected chi connectivity index (χ1v) is 19.4. The van der Waals surface area contributed by atoms with Crippen molar-refractivity contribution in [2.75, 3.05) is 0 Å². The van der Waals surface area contributed by atoms with Gasteiger partial charge < -0.3 is 8.98 Å². The molecule has 0 amide bonds. The zero-order valence-electron chi connectivity index (χ0n) is 35.0. The predicted octanol–water partition coefficient (Wildman–Crippen LogP) is 13.9. The smallest absolute Gasteiger partial charge is 0.165 e. The number of thiophene rings is 1. The van der Waals surface area contributed by atoms with Gasteiger partial charge in [0.2, 0.25) is 0 Å². The van der Waals surface area contributed by atoms with Crippen LogP contribution in [0.25, 0.3) is 115 Å². The van der Waals surface area contributed by atoms with Gasteiger partial charge in [-0.3, -0.25) is 0 Å². The summed E-state index contributed by atoms with van der Waals surface area (Å²) in [4.78, 5) is 15.0. The molecule has 12 rings (SSSR count). The number of furan rings is 1. The lowest BCUT2D eigenvalue weighted by Gasteiger charge is -2.13. The van der Waals surface area contributed by atoms with Crippen molar-refractivity contribution in [2.45, 2.75) is 0 Å². The molecule has 0 bridgehead atoms. The summed E-state index contributed by atoms with van der Waals surface area (Å²) in [7, 11) is 0. The van der Waals surface area contributed by atoms with Crippen LogP contribution in [0, 0.1) is 0 Å². The minimum atomic E-state index is -0.484. The van der Waals surface area contributed by atoms with E-state index in [-0.39, 0.29) is 23.5 Å². The SMILES string of the molecule is [2H]c1c([2H])c([2H])c(-c2nc(-c3ccccc3)nc(-c3cc(-n4c5ccccc5c5cc6oc7ccccc7c6cc54)cc4c3sc3c(-c5ccccc5)cccc34)n2)c([2H])c1[2H]. The van der Waals surface area contributed by atoms with Gasteiger partial charge in [0.05, 0.1) is 17.9 Å². The fourth-order valence-corrected chi connectivity index (χ4v) is 9.50. The van der Waals surface area contributed by atoms with Gasteiger partial charge in [-0.2, -0.15) is 0 Å².